The Morgan fingerprint density at radius 1 is 0.909 bits per heavy atom. The van der Waals surface area contributed by atoms with Crippen molar-refractivity contribution in [2.45, 2.75) is 39.5 Å². The van der Waals surface area contributed by atoms with Crippen molar-refractivity contribution in [1.82, 2.24) is 0 Å². The molecule has 0 heterocycles. The first-order valence-electron chi connectivity index (χ1n) is 8.25. The van der Waals surface area contributed by atoms with Crippen molar-refractivity contribution in [2.24, 2.45) is 0 Å². The van der Waals surface area contributed by atoms with Gasteiger partial charge in [0.25, 0.3) is 0 Å². The van der Waals surface area contributed by atoms with Crippen LogP contribution in [0.25, 0.3) is 0 Å². The molecular formula is C15H33NO5S. The van der Waals surface area contributed by atoms with Crippen LogP contribution in [0, 0.1) is 0 Å². The SMILES string of the molecule is CCCCC[N+](C)(CCCS(=O)(=O)[O-])CCOCCOCC. The monoisotopic (exact) mass is 339 g/mol. The van der Waals surface area contributed by atoms with E-state index in [1.165, 1.54) is 6.42 Å². The Bertz CT molecular complexity index is 361. The van der Waals surface area contributed by atoms with E-state index < -0.39 is 10.1 Å². The summed E-state index contributed by atoms with van der Waals surface area (Å²) in [5.74, 6) is -0.278. The Kier molecular flexibility index (Phi) is 12.1. The van der Waals surface area contributed by atoms with Crippen LogP contribution < -0.4 is 0 Å². The second kappa shape index (κ2) is 12.2. The van der Waals surface area contributed by atoms with E-state index in [9.17, 15) is 13.0 Å². The average molecular weight is 339 g/mol. The predicted molar refractivity (Wildman–Crippen MR) is 86.8 cm³/mol. The van der Waals surface area contributed by atoms with Gasteiger partial charge in [0.15, 0.2) is 0 Å². The Labute approximate surface area is 136 Å². The van der Waals surface area contributed by atoms with Gasteiger partial charge in [-0.3, -0.25) is 0 Å². The summed E-state index contributed by atoms with van der Waals surface area (Å²) in [7, 11) is -2.00. The fraction of sp³-hybridized carbons (Fsp3) is 1.00. The standard InChI is InChI=1S/C15H33NO5S/c1-4-6-7-9-16(3,10-8-15-22(17,18)19)11-12-21-14-13-20-5-2/h4-15H2,1-3H3. The molecule has 1 atom stereocenters. The maximum Gasteiger partial charge on any atom is 0.102 e. The summed E-state index contributed by atoms with van der Waals surface area (Å²) in [5.41, 5.74) is 0. The zero-order valence-electron chi connectivity index (χ0n) is 14.4. The van der Waals surface area contributed by atoms with Crippen LogP contribution in [-0.4, -0.2) is 76.3 Å². The van der Waals surface area contributed by atoms with Crippen molar-refractivity contribution in [3.8, 4) is 0 Å². The van der Waals surface area contributed by atoms with Crippen LogP contribution in [0.15, 0.2) is 0 Å². The first kappa shape index (κ1) is 21.8. The van der Waals surface area contributed by atoms with E-state index in [1.54, 1.807) is 0 Å². The normalized spacial score (nSPS) is 14.9. The Balaban J connectivity index is 4.15. The van der Waals surface area contributed by atoms with Gasteiger partial charge in [-0.25, -0.2) is 8.42 Å². The number of nitrogens with zero attached hydrogens (tertiary/aromatic N) is 1. The second-order valence-electron chi connectivity index (χ2n) is 5.92. The zero-order valence-corrected chi connectivity index (χ0v) is 15.2. The lowest BCUT2D eigenvalue weighted by Crippen LogP contribution is -2.48. The molecule has 134 valence electrons. The molecule has 0 saturated carbocycles. The topological polar surface area (TPSA) is 75.7 Å². The highest BCUT2D eigenvalue weighted by molar-refractivity contribution is 7.85. The van der Waals surface area contributed by atoms with Crippen LogP contribution >= 0.6 is 0 Å². The van der Waals surface area contributed by atoms with E-state index >= 15 is 0 Å². The van der Waals surface area contributed by atoms with E-state index in [-0.39, 0.29) is 5.75 Å². The number of unbranched alkanes of at least 4 members (excludes halogenated alkanes) is 2. The third kappa shape index (κ3) is 13.5. The van der Waals surface area contributed by atoms with Gasteiger partial charge in [0, 0.05) is 18.8 Å². The van der Waals surface area contributed by atoms with Crippen molar-refractivity contribution in [3.05, 3.63) is 0 Å². The molecule has 0 aromatic heterocycles. The molecule has 0 rings (SSSR count). The molecule has 0 aliphatic heterocycles. The third-order valence-electron chi connectivity index (χ3n) is 3.75. The molecule has 0 saturated heterocycles. The first-order chi connectivity index (χ1) is 10.3. The summed E-state index contributed by atoms with van der Waals surface area (Å²) in [6, 6.07) is 0. The number of hydrogen-bond acceptors (Lipinski definition) is 5. The molecule has 0 aromatic carbocycles. The van der Waals surface area contributed by atoms with E-state index in [0.29, 0.717) is 39.4 Å². The molecule has 0 aliphatic carbocycles. The van der Waals surface area contributed by atoms with E-state index in [2.05, 4.69) is 14.0 Å². The highest BCUT2D eigenvalue weighted by atomic mass is 32.2. The van der Waals surface area contributed by atoms with Gasteiger partial charge in [-0.15, -0.1) is 0 Å². The van der Waals surface area contributed by atoms with Crippen LogP contribution in [0.1, 0.15) is 39.5 Å². The number of ether oxygens (including phenoxy) is 2. The predicted octanol–water partition coefficient (Wildman–Crippen LogP) is 1.61. The lowest BCUT2D eigenvalue weighted by atomic mass is 10.2. The first-order valence-corrected chi connectivity index (χ1v) is 9.83. The molecule has 0 aromatic rings. The minimum atomic E-state index is -4.11. The van der Waals surface area contributed by atoms with Gasteiger partial charge in [0.05, 0.1) is 50.1 Å². The van der Waals surface area contributed by atoms with E-state index in [1.807, 2.05) is 6.92 Å². The zero-order chi connectivity index (χ0) is 16.9. The quantitative estimate of drug-likeness (QED) is 0.257. The smallest absolute Gasteiger partial charge is 0.102 e. The molecular weight excluding hydrogens is 306 g/mol. The highest BCUT2D eigenvalue weighted by Crippen LogP contribution is 2.09. The van der Waals surface area contributed by atoms with Gasteiger partial charge >= 0.3 is 0 Å². The van der Waals surface area contributed by atoms with Gasteiger partial charge in [-0.1, -0.05) is 13.3 Å². The van der Waals surface area contributed by atoms with Crippen LogP contribution in [0.5, 0.6) is 0 Å². The van der Waals surface area contributed by atoms with Gasteiger partial charge in [0.2, 0.25) is 0 Å². The van der Waals surface area contributed by atoms with Crippen molar-refractivity contribution >= 4 is 10.1 Å². The fourth-order valence-corrected chi connectivity index (χ4v) is 2.83. The fourth-order valence-electron chi connectivity index (χ4n) is 2.35. The van der Waals surface area contributed by atoms with Gasteiger partial charge in [-0.2, -0.15) is 0 Å². The van der Waals surface area contributed by atoms with E-state index in [0.717, 1.165) is 30.4 Å². The Hall–Kier alpha value is -0.210. The van der Waals surface area contributed by atoms with Crippen LogP contribution in [0.3, 0.4) is 0 Å². The van der Waals surface area contributed by atoms with Crippen LogP contribution in [-0.2, 0) is 19.6 Å². The van der Waals surface area contributed by atoms with Crippen molar-refractivity contribution in [2.75, 3.05) is 58.9 Å². The minimum Gasteiger partial charge on any atom is -0.748 e. The highest BCUT2D eigenvalue weighted by Gasteiger charge is 2.20. The molecule has 0 aliphatic rings. The molecule has 0 radical (unpaired) electrons. The largest absolute Gasteiger partial charge is 0.748 e. The summed E-state index contributed by atoms with van der Waals surface area (Å²) in [6.45, 7) is 9.12. The maximum absolute atomic E-state index is 10.7. The molecule has 6 nitrogen and oxygen atoms in total. The van der Waals surface area contributed by atoms with Crippen LogP contribution in [0.4, 0.5) is 0 Å². The lowest BCUT2D eigenvalue weighted by Gasteiger charge is -2.35. The summed E-state index contributed by atoms with van der Waals surface area (Å²) in [4.78, 5) is 0. The summed E-state index contributed by atoms with van der Waals surface area (Å²) < 4.78 is 43.7. The number of hydrogen-bond donors (Lipinski definition) is 0. The molecule has 0 N–H and O–H groups in total. The number of likely N-dealkylation sites (N-methyl/N-ethyl adjacent to an activating group) is 1. The molecule has 0 amide bonds. The molecule has 1 unspecified atom stereocenters. The lowest BCUT2D eigenvalue weighted by molar-refractivity contribution is -0.910. The minimum absolute atomic E-state index is 0.278. The van der Waals surface area contributed by atoms with Gasteiger partial charge in [0.1, 0.15) is 6.54 Å². The van der Waals surface area contributed by atoms with Gasteiger partial charge in [-0.05, 0) is 19.8 Å². The van der Waals surface area contributed by atoms with Crippen molar-refractivity contribution < 1.29 is 26.9 Å². The van der Waals surface area contributed by atoms with Crippen molar-refractivity contribution in [1.29, 1.82) is 0 Å². The second-order valence-corrected chi connectivity index (χ2v) is 7.45. The summed E-state index contributed by atoms with van der Waals surface area (Å²) >= 11 is 0. The maximum atomic E-state index is 10.7. The Morgan fingerprint density at radius 2 is 1.55 bits per heavy atom. The summed E-state index contributed by atoms with van der Waals surface area (Å²) in [6.07, 6.45) is 3.84. The average Bonchev–Trinajstić information content (AvgIpc) is 2.42. The van der Waals surface area contributed by atoms with Gasteiger partial charge < -0.3 is 18.5 Å². The molecule has 0 fully saturated rings. The molecule has 22 heavy (non-hydrogen) atoms. The van der Waals surface area contributed by atoms with Crippen molar-refractivity contribution in [3.63, 3.8) is 0 Å². The van der Waals surface area contributed by atoms with E-state index in [4.69, 9.17) is 9.47 Å². The third-order valence-corrected chi connectivity index (χ3v) is 4.53. The summed E-state index contributed by atoms with van der Waals surface area (Å²) in [5, 5.41) is 0. The number of rotatable bonds is 15. The van der Waals surface area contributed by atoms with Crippen LogP contribution in [0.2, 0.25) is 0 Å². The molecule has 7 heteroatoms. The molecule has 0 spiro atoms. The Morgan fingerprint density at radius 3 is 2.14 bits per heavy atom. The molecule has 0 bridgehead atoms. The number of quaternary nitrogens is 1.